The van der Waals surface area contributed by atoms with Crippen molar-refractivity contribution in [3.63, 3.8) is 0 Å². The topological polar surface area (TPSA) is 35.0 Å². The van der Waals surface area contributed by atoms with Crippen LogP contribution in [-0.2, 0) is 6.42 Å². The molecule has 0 saturated heterocycles. The number of nitrogens with zero attached hydrogens (tertiary/aromatic N) is 2. The van der Waals surface area contributed by atoms with Crippen molar-refractivity contribution in [2.45, 2.75) is 11.8 Å². The van der Waals surface area contributed by atoms with Gasteiger partial charge < -0.3 is 4.74 Å². The Morgan fingerprint density at radius 2 is 2.11 bits per heavy atom. The Bertz CT molecular complexity index is 580. The Morgan fingerprint density at radius 3 is 2.84 bits per heavy atom. The number of hydrogen-bond donors (Lipinski definition) is 0. The molecule has 0 radical (unpaired) electrons. The predicted octanol–water partition coefficient (Wildman–Crippen LogP) is 3.29. The fourth-order valence-electron chi connectivity index (χ4n) is 1.66. The van der Waals surface area contributed by atoms with Gasteiger partial charge in [-0.1, -0.05) is 12.1 Å². The van der Waals surface area contributed by atoms with Crippen LogP contribution in [0.2, 0.25) is 0 Å². The molecule has 0 saturated carbocycles. The van der Waals surface area contributed by atoms with E-state index in [1.807, 2.05) is 0 Å². The van der Waals surface area contributed by atoms with Crippen molar-refractivity contribution in [2.24, 2.45) is 0 Å². The second-order valence-electron chi connectivity index (χ2n) is 3.87. The van der Waals surface area contributed by atoms with E-state index < -0.39 is 17.0 Å². The Morgan fingerprint density at radius 1 is 1.32 bits per heavy atom. The fourth-order valence-corrected chi connectivity index (χ4v) is 1.98. The zero-order valence-corrected chi connectivity index (χ0v) is 10.9. The van der Waals surface area contributed by atoms with Crippen LogP contribution in [0.4, 0.5) is 8.78 Å². The smallest absolute Gasteiger partial charge is 0.216 e. The van der Waals surface area contributed by atoms with Gasteiger partial charge in [0.05, 0.1) is 12.5 Å². The summed E-state index contributed by atoms with van der Waals surface area (Å²) in [7, 11) is 1.48. The summed E-state index contributed by atoms with van der Waals surface area (Å²) in [6.07, 6.45) is 1.58. The second-order valence-corrected chi connectivity index (χ2v) is 4.39. The molecule has 100 valence electrons. The summed E-state index contributed by atoms with van der Waals surface area (Å²) in [5.74, 6) is -1.44. The summed E-state index contributed by atoms with van der Waals surface area (Å²) in [4.78, 5) is 7.87. The predicted molar refractivity (Wildman–Crippen MR) is 67.2 cm³/mol. The van der Waals surface area contributed by atoms with Gasteiger partial charge in [-0.3, -0.25) is 0 Å². The van der Waals surface area contributed by atoms with Gasteiger partial charge >= 0.3 is 0 Å². The SMILES string of the molecule is COc1cc(CC(Cl)c2cccc(F)c2F)ncn1. The van der Waals surface area contributed by atoms with Crippen molar-refractivity contribution in [3.8, 4) is 5.88 Å². The molecule has 1 unspecified atom stereocenters. The van der Waals surface area contributed by atoms with E-state index in [-0.39, 0.29) is 12.0 Å². The lowest BCUT2D eigenvalue weighted by atomic mass is 10.1. The van der Waals surface area contributed by atoms with Gasteiger partial charge in [0.2, 0.25) is 5.88 Å². The average Bonchev–Trinajstić information content (AvgIpc) is 2.42. The molecule has 0 spiro atoms. The van der Waals surface area contributed by atoms with Crippen LogP contribution in [0.1, 0.15) is 16.6 Å². The van der Waals surface area contributed by atoms with Crippen molar-refractivity contribution >= 4 is 11.6 Å². The van der Waals surface area contributed by atoms with E-state index in [1.54, 1.807) is 6.07 Å². The third-order valence-electron chi connectivity index (χ3n) is 2.62. The molecule has 1 heterocycles. The van der Waals surface area contributed by atoms with Crippen LogP contribution in [0.25, 0.3) is 0 Å². The molecule has 1 aromatic heterocycles. The lowest BCUT2D eigenvalue weighted by Gasteiger charge is -2.11. The zero-order valence-electron chi connectivity index (χ0n) is 10.1. The summed E-state index contributed by atoms with van der Waals surface area (Å²) >= 11 is 6.11. The molecule has 1 aromatic carbocycles. The van der Waals surface area contributed by atoms with Crippen LogP contribution in [-0.4, -0.2) is 17.1 Å². The number of aromatic nitrogens is 2. The Hall–Kier alpha value is -1.75. The largest absolute Gasteiger partial charge is 0.481 e. The maximum absolute atomic E-state index is 13.6. The van der Waals surface area contributed by atoms with E-state index in [9.17, 15) is 8.78 Å². The van der Waals surface area contributed by atoms with E-state index in [0.717, 1.165) is 6.07 Å². The minimum absolute atomic E-state index is 0.110. The Balaban J connectivity index is 2.20. The molecule has 19 heavy (non-hydrogen) atoms. The van der Waals surface area contributed by atoms with Gasteiger partial charge in [-0.25, -0.2) is 18.7 Å². The van der Waals surface area contributed by atoms with Crippen molar-refractivity contribution in [1.29, 1.82) is 0 Å². The minimum Gasteiger partial charge on any atom is -0.481 e. The molecule has 6 heteroatoms. The van der Waals surface area contributed by atoms with Gasteiger partial charge in [0.1, 0.15) is 6.33 Å². The van der Waals surface area contributed by atoms with Crippen LogP contribution in [0.5, 0.6) is 5.88 Å². The van der Waals surface area contributed by atoms with Crippen molar-refractivity contribution in [1.82, 2.24) is 9.97 Å². The van der Waals surface area contributed by atoms with Gasteiger partial charge in [0.25, 0.3) is 0 Å². The molecule has 2 aromatic rings. The number of hydrogen-bond acceptors (Lipinski definition) is 3. The summed E-state index contributed by atoms with van der Waals surface area (Å²) < 4.78 is 31.7. The Labute approximate surface area is 114 Å². The molecular formula is C13H11ClF2N2O. The van der Waals surface area contributed by atoms with E-state index in [4.69, 9.17) is 16.3 Å². The lowest BCUT2D eigenvalue weighted by Crippen LogP contribution is -2.03. The quantitative estimate of drug-likeness (QED) is 0.808. The molecular weight excluding hydrogens is 274 g/mol. The van der Waals surface area contributed by atoms with Gasteiger partial charge in [-0.05, 0) is 6.07 Å². The highest BCUT2D eigenvalue weighted by molar-refractivity contribution is 6.20. The summed E-state index contributed by atoms with van der Waals surface area (Å²) in [5.41, 5.74) is 0.703. The van der Waals surface area contributed by atoms with Crippen molar-refractivity contribution < 1.29 is 13.5 Å². The van der Waals surface area contributed by atoms with Gasteiger partial charge in [0, 0.05) is 23.7 Å². The van der Waals surface area contributed by atoms with Gasteiger partial charge in [0.15, 0.2) is 11.6 Å². The van der Waals surface area contributed by atoms with Crippen LogP contribution < -0.4 is 4.74 Å². The molecule has 2 rings (SSSR count). The molecule has 1 atom stereocenters. The van der Waals surface area contributed by atoms with Crippen LogP contribution in [0.3, 0.4) is 0 Å². The number of alkyl halides is 1. The number of benzene rings is 1. The number of ether oxygens (including phenoxy) is 1. The number of methoxy groups -OCH3 is 1. The van der Waals surface area contributed by atoms with E-state index in [2.05, 4.69) is 9.97 Å². The molecule has 3 nitrogen and oxygen atoms in total. The fraction of sp³-hybridized carbons (Fsp3) is 0.231. The first kappa shape index (κ1) is 13.7. The minimum atomic E-state index is -0.927. The first-order chi connectivity index (χ1) is 9.11. The normalized spacial score (nSPS) is 12.2. The van der Waals surface area contributed by atoms with Crippen LogP contribution in [0.15, 0.2) is 30.6 Å². The van der Waals surface area contributed by atoms with E-state index in [0.29, 0.717) is 11.6 Å². The molecule has 0 bridgehead atoms. The summed E-state index contributed by atoms with van der Waals surface area (Å²) in [5, 5.41) is -0.713. The number of halogens is 3. The molecule has 0 aliphatic rings. The maximum Gasteiger partial charge on any atom is 0.216 e. The second kappa shape index (κ2) is 5.93. The summed E-state index contributed by atoms with van der Waals surface area (Å²) in [6, 6.07) is 5.53. The number of rotatable bonds is 4. The van der Waals surface area contributed by atoms with E-state index in [1.165, 1.54) is 25.6 Å². The first-order valence-corrected chi connectivity index (χ1v) is 5.98. The highest BCUT2D eigenvalue weighted by atomic mass is 35.5. The monoisotopic (exact) mass is 284 g/mol. The highest BCUT2D eigenvalue weighted by Crippen LogP contribution is 2.28. The van der Waals surface area contributed by atoms with Gasteiger partial charge in [-0.15, -0.1) is 11.6 Å². The molecule has 0 N–H and O–H groups in total. The third-order valence-corrected chi connectivity index (χ3v) is 3.00. The average molecular weight is 285 g/mol. The lowest BCUT2D eigenvalue weighted by molar-refractivity contribution is 0.396. The van der Waals surface area contributed by atoms with Gasteiger partial charge in [-0.2, -0.15) is 0 Å². The van der Waals surface area contributed by atoms with Crippen LogP contribution in [0, 0.1) is 11.6 Å². The van der Waals surface area contributed by atoms with Crippen molar-refractivity contribution in [3.05, 3.63) is 53.5 Å². The maximum atomic E-state index is 13.6. The molecule has 0 amide bonds. The Kier molecular flexibility index (Phi) is 4.27. The molecule has 0 fully saturated rings. The molecule has 0 aliphatic heterocycles. The standard InChI is InChI=1S/C13H11ClF2N2O/c1-19-12-6-8(17-7-18-12)5-10(14)9-3-2-4-11(15)13(9)16/h2-4,6-7,10H,5H2,1H3. The first-order valence-electron chi connectivity index (χ1n) is 5.54. The summed E-state index contributed by atoms with van der Waals surface area (Å²) in [6.45, 7) is 0. The van der Waals surface area contributed by atoms with Crippen molar-refractivity contribution in [2.75, 3.05) is 7.11 Å². The third kappa shape index (κ3) is 3.17. The molecule has 0 aliphatic carbocycles. The highest BCUT2D eigenvalue weighted by Gasteiger charge is 2.17. The van der Waals surface area contributed by atoms with Crippen LogP contribution >= 0.6 is 11.6 Å². The zero-order chi connectivity index (χ0) is 13.8. The van der Waals surface area contributed by atoms with E-state index >= 15 is 0 Å².